The van der Waals surface area contributed by atoms with Gasteiger partial charge in [-0.1, -0.05) is 30.3 Å². The molecule has 0 saturated carbocycles. The molecule has 0 spiro atoms. The first-order valence-electron chi connectivity index (χ1n) is 9.12. The van der Waals surface area contributed by atoms with Crippen molar-refractivity contribution in [1.82, 2.24) is 9.88 Å². The van der Waals surface area contributed by atoms with Gasteiger partial charge in [0, 0.05) is 13.1 Å². The maximum atomic E-state index is 11.3. The van der Waals surface area contributed by atoms with Crippen LogP contribution in [0.5, 0.6) is 5.75 Å². The zero-order valence-electron chi connectivity index (χ0n) is 14.9. The molecule has 3 aliphatic rings. The summed E-state index contributed by atoms with van der Waals surface area (Å²) in [6.07, 6.45) is 0.0517. The van der Waals surface area contributed by atoms with Crippen LogP contribution in [-0.4, -0.2) is 46.3 Å². The smallest absolute Gasteiger partial charge is 0.407 e. The lowest BCUT2D eigenvalue weighted by atomic mass is 9.88. The maximum Gasteiger partial charge on any atom is 0.407 e. The van der Waals surface area contributed by atoms with Crippen molar-refractivity contribution in [1.29, 1.82) is 0 Å². The van der Waals surface area contributed by atoms with Crippen molar-refractivity contribution in [3.63, 3.8) is 0 Å². The number of piperidine rings is 1. The summed E-state index contributed by atoms with van der Waals surface area (Å²) < 4.78 is 12.8. The van der Waals surface area contributed by atoms with Crippen molar-refractivity contribution in [2.24, 2.45) is 0 Å². The van der Waals surface area contributed by atoms with E-state index < -0.39 is 6.09 Å². The van der Waals surface area contributed by atoms with E-state index in [0.717, 1.165) is 16.5 Å². The highest BCUT2D eigenvalue weighted by molar-refractivity contribution is 9.10. The van der Waals surface area contributed by atoms with Crippen LogP contribution >= 0.6 is 15.9 Å². The number of aromatic nitrogens is 1. The number of oxazole rings is 1. The summed E-state index contributed by atoms with van der Waals surface area (Å²) in [5.41, 5.74) is 2.37. The van der Waals surface area contributed by atoms with E-state index in [1.807, 2.05) is 47.4 Å². The Hall–Kier alpha value is -2.74. The summed E-state index contributed by atoms with van der Waals surface area (Å²) in [6.45, 7) is 1.63. The molecule has 2 atom stereocenters. The molecule has 144 valence electrons. The van der Waals surface area contributed by atoms with Crippen LogP contribution in [0.2, 0.25) is 0 Å². The number of carboxylic acid groups (broad SMARTS) is 1. The van der Waals surface area contributed by atoms with E-state index >= 15 is 0 Å². The second-order valence-corrected chi connectivity index (χ2v) is 7.99. The second-order valence-electron chi connectivity index (χ2n) is 7.13. The molecule has 1 amide bonds. The van der Waals surface area contributed by atoms with Gasteiger partial charge >= 0.3 is 6.09 Å². The van der Waals surface area contributed by atoms with Crippen molar-refractivity contribution in [2.75, 3.05) is 18.0 Å². The lowest BCUT2D eigenvalue weighted by Crippen LogP contribution is -2.70. The van der Waals surface area contributed by atoms with E-state index in [9.17, 15) is 9.90 Å². The van der Waals surface area contributed by atoms with Gasteiger partial charge in [0.2, 0.25) is 0 Å². The van der Waals surface area contributed by atoms with Crippen LogP contribution in [0.1, 0.15) is 12.0 Å². The maximum absolute atomic E-state index is 11.3. The summed E-state index contributed by atoms with van der Waals surface area (Å²) >= 11 is 3.52. The molecule has 2 unspecified atom stereocenters. The van der Waals surface area contributed by atoms with Gasteiger partial charge in [0.15, 0.2) is 11.1 Å². The number of carbonyl (C=O) groups is 1. The molecule has 0 radical (unpaired) electrons. The normalized spacial score (nSPS) is 20.9. The predicted molar refractivity (Wildman–Crippen MR) is 107 cm³/mol. The summed E-state index contributed by atoms with van der Waals surface area (Å²) in [7, 11) is 0. The second kappa shape index (κ2) is 6.70. The highest BCUT2D eigenvalue weighted by Crippen LogP contribution is 2.38. The molecule has 3 aliphatic heterocycles. The van der Waals surface area contributed by atoms with E-state index in [4.69, 9.17) is 9.15 Å². The Labute approximate surface area is 169 Å². The first kappa shape index (κ1) is 17.4. The molecule has 8 heteroatoms. The molecule has 28 heavy (non-hydrogen) atoms. The number of amides is 1. The van der Waals surface area contributed by atoms with E-state index in [2.05, 4.69) is 20.9 Å². The number of nitrogens with zero attached hydrogens (tertiary/aromatic N) is 3. The SMILES string of the molecule is O=C(O)N1C2CC1CN(c1nc3c(OCc4ccccc4)ccc(Br)c3o1)C2. The molecular weight excluding hydrogens is 426 g/mol. The van der Waals surface area contributed by atoms with Crippen LogP contribution in [0.15, 0.2) is 51.4 Å². The van der Waals surface area contributed by atoms with Crippen LogP contribution in [0.4, 0.5) is 10.8 Å². The summed E-state index contributed by atoms with van der Waals surface area (Å²) in [5, 5.41) is 9.28. The lowest BCUT2D eigenvalue weighted by molar-refractivity contribution is 0.0101. The van der Waals surface area contributed by atoms with Gasteiger partial charge in [0.05, 0.1) is 16.6 Å². The molecule has 6 rings (SSSR count). The topological polar surface area (TPSA) is 79.0 Å². The number of rotatable bonds is 4. The molecule has 3 fully saturated rings. The highest BCUT2D eigenvalue weighted by Gasteiger charge is 2.48. The fourth-order valence-electron chi connectivity index (χ4n) is 4.01. The minimum atomic E-state index is -0.849. The third kappa shape index (κ3) is 2.88. The molecule has 7 nitrogen and oxygen atoms in total. The van der Waals surface area contributed by atoms with Gasteiger partial charge < -0.3 is 19.2 Å². The van der Waals surface area contributed by atoms with Crippen molar-refractivity contribution in [3.05, 3.63) is 52.5 Å². The van der Waals surface area contributed by atoms with Gasteiger partial charge in [-0.3, -0.25) is 4.90 Å². The van der Waals surface area contributed by atoms with Crippen molar-refractivity contribution < 1.29 is 19.1 Å². The van der Waals surface area contributed by atoms with Crippen LogP contribution in [0.25, 0.3) is 11.1 Å². The molecule has 2 aromatic carbocycles. The van der Waals surface area contributed by atoms with Crippen LogP contribution < -0.4 is 9.64 Å². The van der Waals surface area contributed by atoms with E-state index in [1.165, 1.54) is 4.90 Å². The van der Waals surface area contributed by atoms with Gasteiger partial charge in [-0.15, -0.1) is 0 Å². The fraction of sp³-hybridized carbons (Fsp3) is 0.300. The number of piperazine rings is 1. The number of hydrogen-bond acceptors (Lipinski definition) is 5. The van der Waals surface area contributed by atoms with E-state index in [1.54, 1.807) is 0 Å². The summed E-state index contributed by atoms with van der Waals surface area (Å²) in [5.74, 6) is 0.659. The largest absolute Gasteiger partial charge is 0.486 e. The lowest BCUT2D eigenvalue weighted by Gasteiger charge is -2.54. The van der Waals surface area contributed by atoms with E-state index in [-0.39, 0.29) is 12.1 Å². The Balaban J connectivity index is 1.40. The molecule has 2 bridgehead atoms. The average Bonchev–Trinajstić information content (AvgIpc) is 3.14. The predicted octanol–water partition coefficient (Wildman–Crippen LogP) is 4.11. The molecule has 1 aromatic heterocycles. The molecule has 1 N–H and O–H groups in total. The van der Waals surface area contributed by atoms with Gasteiger partial charge in [-0.05, 0) is 40.0 Å². The molecule has 4 heterocycles. The Bertz CT molecular complexity index is 1030. The number of halogens is 1. The summed E-state index contributed by atoms with van der Waals surface area (Å²) in [6, 6.07) is 14.2. The van der Waals surface area contributed by atoms with Gasteiger partial charge in [-0.2, -0.15) is 4.98 Å². The van der Waals surface area contributed by atoms with Crippen LogP contribution in [0, 0.1) is 0 Å². The monoisotopic (exact) mass is 443 g/mol. The van der Waals surface area contributed by atoms with Crippen molar-refractivity contribution in [3.8, 4) is 5.75 Å². The summed E-state index contributed by atoms with van der Waals surface area (Å²) in [4.78, 5) is 19.5. The molecular formula is C20H18BrN3O4. The molecule has 0 aliphatic carbocycles. The zero-order valence-corrected chi connectivity index (χ0v) is 16.5. The number of hydrogen-bond donors (Lipinski definition) is 1. The average molecular weight is 444 g/mol. The van der Waals surface area contributed by atoms with Crippen molar-refractivity contribution >= 4 is 39.1 Å². The van der Waals surface area contributed by atoms with Crippen LogP contribution in [0.3, 0.4) is 0 Å². The Morgan fingerprint density at radius 3 is 2.68 bits per heavy atom. The number of fused-ring (bicyclic) bond motifs is 3. The number of ether oxygens (including phenoxy) is 1. The Morgan fingerprint density at radius 2 is 1.96 bits per heavy atom. The molecule has 3 saturated heterocycles. The standard InChI is InChI=1S/C20H18BrN3O4/c21-15-6-7-16(27-11-12-4-2-1-3-5-12)17-18(15)28-19(22-17)23-9-13-8-14(10-23)24(13)20(25)26/h1-7,13-14H,8-11H2,(H,25,26). The van der Waals surface area contributed by atoms with Gasteiger partial charge in [0.25, 0.3) is 6.01 Å². The zero-order chi connectivity index (χ0) is 19.3. The van der Waals surface area contributed by atoms with Crippen molar-refractivity contribution in [2.45, 2.75) is 25.1 Å². The third-order valence-corrected chi connectivity index (χ3v) is 5.99. The first-order chi connectivity index (χ1) is 13.6. The number of anilines is 1. The quantitative estimate of drug-likeness (QED) is 0.653. The first-order valence-corrected chi connectivity index (χ1v) is 9.91. The van der Waals surface area contributed by atoms with Gasteiger partial charge in [-0.25, -0.2) is 4.79 Å². The third-order valence-electron chi connectivity index (χ3n) is 5.37. The van der Waals surface area contributed by atoms with Crippen LogP contribution in [-0.2, 0) is 6.61 Å². The minimum Gasteiger partial charge on any atom is -0.486 e. The minimum absolute atomic E-state index is 0.00324. The highest BCUT2D eigenvalue weighted by atomic mass is 79.9. The van der Waals surface area contributed by atoms with Gasteiger partial charge in [0.1, 0.15) is 12.4 Å². The molecule has 3 aromatic rings. The number of benzene rings is 2. The van der Waals surface area contributed by atoms with E-state index in [0.29, 0.717) is 42.6 Å². The Kier molecular flexibility index (Phi) is 4.16. The fourth-order valence-corrected chi connectivity index (χ4v) is 4.41. The Morgan fingerprint density at radius 1 is 1.21 bits per heavy atom.